The number of aliphatic carboxylic acids is 1. The lowest BCUT2D eigenvalue weighted by Gasteiger charge is -2.35. The molecule has 1 aromatic carbocycles. The number of carboxylic acids is 1. The van der Waals surface area contributed by atoms with Crippen LogP contribution in [0.25, 0.3) is 0 Å². The molecular weight excluding hydrogens is 306 g/mol. The molecule has 2 unspecified atom stereocenters. The second-order valence-electron chi connectivity index (χ2n) is 5.66. The van der Waals surface area contributed by atoms with E-state index in [-0.39, 0.29) is 18.4 Å². The summed E-state index contributed by atoms with van der Waals surface area (Å²) in [6, 6.07) is 4.88. The third-order valence-corrected chi connectivity index (χ3v) is 4.01. The first-order chi connectivity index (χ1) is 10.4. The Morgan fingerprint density at radius 3 is 2.77 bits per heavy atom. The normalized spacial score (nSPS) is 21.5. The van der Waals surface area contributed by atoms with Crippen molar-refractivity contribution in [3.8, 4) is 5.75 Å². The summed E-state index contributed by atoms with van der Waals surface area (Å²) < 4.78 is 5.48. The van der Waals surface area contributed by atoms with Gasteiger partial charge >= 0.3 is 5.97 Å². The molecule has 2 rings (SSSR count). The van der Waals surface area contributed by atoms with Crippen LogP contribution in [0.5, 0.6) is 5.75 Å². The maximum Gasteiger partial charge on any atom is 0.308 e. The van der Waals surface area contributed by atoms with Crippen molar-refractivity contribution in [2.45, 2.75) is 20.3 Å². The Morgan fingerprint density at radius 2 is 2.14 bits per heavy atom. The van der Waals surface area contributed by atoms with E-state index >= 15 is 0 Å². The van der Waals surface area contributed by atoms with Crippen LogP contribution in [-0.2, 0) is 4.79 Å². The molecule has 2 atom stereocenters. The van der Waals surface area contributed by atoms with E-state index in [4.69, 9.17) is 16.3 Å². The van der Waals surface area contributed by atoms with Gasteiger partial charge in [-0.3, -0.25) is 9.59 Å². The number of likely N-dealkylation sites (tertiary alicyclic amines) is 1. The van der Waals surface area contributed by atoms with Gasteiger partial charge in [-0.2, -0.15) is 0 Å². The van der Waals surface area contributed by atoms with Gasteiger partial charge in [-0.25, -0.2) is 0 Å². The van der Waals surface area contributed by atoms with Crippen molar-refractivity contribution in [3.63, 3.8) is 0 Å². The van der Waals surface area contributed by atoms with Crippen LogP contribution in [-0.4, -0.2) is 41.6 Å². The van der Waals surface area contributed by atoms with E-state index < -0.39 is 11.9 Å². The van der Waals surface area contributed by atoms with Gasteiger partial charge in [-0.1, -0.05) is 18.5 Å². The fraction of sp³-hybridized carbons (Fsp3) is 0.500. The summed E-state index contributed by atoms with van der Waals surface area (Å²) in [6.07, 6.45) is 0.595. The van der Waals surface area contributed by atoms with E-state index in [1.807, 2.05) is 13.8 Å². The van der Waals surface area contributed by atoms with Gasteiger partial charge in [-0.15, -0.1) is 0 Å². The van der Waals surface area contributed by atoms with Crippen molar-refractivity contribution in [1.82, 2.24) is 4.90 Å². The van der Waals surface area contributed by atoms with Crippen molar-refractivity contribution >= 4 is 23.5 Å². The highest BCUT2D eigenvalue weighted by molar-refractivity contribution is 6.30. The van der Waals surface area contributed by atoms with Gasteiger partial charge in [0.1, 0.15) is 5.75 Å². The molecule has 0 radical (unpaired) electrons. The van der Waals surface area contributed by atoms with E-state index in [0.29, 0.717) is 35.9 Å². The first kappa shape index (κ1) is 16.6. The molecule has 0 saturated carbocycles. The number of carbonyl (C=O) groups excluding carboxylic acids is 1. The molecule has 1 aliphatic heterocycles. The smallest absolute Gasteiger partial charge is 0.308 e. The largest absolute Gasteiger partial charge is 0.493 e. The first-order valence-electron chi connectivity index (χ1n) is 7.36. The topological polar surface area (TPSA) is 66.8 Å². The van der Waals surface area contributed by atoms with Crippen LogP contribution in [0.15, 0.2) is 18.2 Å². The summed E-state index contributed by atoms with van der Waals surface area (Å²) in [6.45, 7) is 5.00. The van der Waals surface area contributed by atoms with Crippen LogP contribution in [0.1, 0.15) is 30.6 Å². The standard InChI is InChI=1S/C16H20ClNO4/c1-3-22-14-7-12(17)4-5-13(14)15(19)18-8-10(2)6-11(9-18)16(20)21/h4-5,7,10-11H,3,6,8-9H2,1-2H3,(H,20,21). The Balaban J connectivity index is 2.25. The van der Waals surface area contributed by atoms with Crippen LogP contribution in [0.4, 0.5) is 0 Å². The summed E-state index contributed by atoms with van der Waals surface area (Å²) in [7, 11) is 0. The third-order valence-electron chi connectivity index (χ3n) is 3.77. The van der Waals surface area contributed by atoms with Crippen molar-refractivity contribution in [3.05, 3.63) is 28.8 Å². The molecule has 1 heterocycles. The zero-order valence-corrected chi connectivity index (χ0v) is 13.5. The van der Waals surface area contributed by atoms with E-state index in [0.717, 1.165) is 0 Å². The van der Waals surface area contributed by atoms with Crippen LogP contribution >= 0.6 is 11.6 Å². The number of halogens is 1. The average Bonchev–Trinajstić information content (AvgIpc) is 2.46. The molecule has 0 spiro atoms. The quantitative estimate of drug-likeness (QED) is 0.924. The predicted octanol–water partition coefficient (Wildman–Crippen LogP) is 2.92. The Labute approximate surface area is 134 Å². The van der Waals surface area contributed by atoms with E-state index in [1.165, 1.54) is 0 Å². The van der Waals surface area contributed by atoms with Crippen molar-refractivity contribution in [2.75, 3.05) is 19.7 Å². The monoisotopic (exact) mass is 325 g/mol. The predicted molar refractivity (Wildman–Crippen MR) is 83.4 cm³/mol. The van der Waals surface area contributed by atoms with Crippen molar-refractivity contribution in [2.24, 2.45) is 11.8 Å². The molecule has 5 nitrogen and oxygen atoms in total. The SMILES string of the molecule is CCOc1cc(Cl)ccc1C(=O)N1CC(C)CC(C(=O)O)C1. The first-order valence-corrected chi connectivity index (χ1v) is 7.74. The molecule has 0 aliphatic carbocycles. The average molecular weight is 326 g/mol. The fourth-order valence-electron chi connectivity index (χ4n) is 2.81. The lowest BCUT2D eigenvalue weighted by molar-refractivity contribution is -0.143. The molecule has 1 aliphatic rings. The number of rotatable bonds is 4. The fourth-order valence-corrected chi connectivity index (χ4v) is 2.98. The molecule has 0 aromatic heterocycles. The third kappa shape index (κ3) is 3.71. The summed E-state index contributed by atoms with van der Waals surface area (Å²) in [4.78, 5) is 25.6. The van der Waals surface area contributed by atoms with Gasteiger partial charge in [0.05, 0.1) is 18.1 Å². The van der Waals surface area contributed by atoms with E-state index in [2.05, 4.69) is 0 Å². The molecule has 1 N–H and O–H groups in total. The molecule has 1 aromatic rings. The number of piperidine rings is 1. The van der Waals surface area contributed by atoms with Crippen LogP contribution in [0.2, 0.25) is 5.02 Å². The van der Waals surface area contributed by atoms with Gasteiger partial charge in [0.15, 0.2) is 0 Å². The van der Waals surface area contributed by atoms with Crippen molar-refractivity contribution in [1.29, 1.82) is 0 Å². The molecule has 120 valence electrons. The van der Waals surface area contributed by atoms with Crippen LogP contribution in [0, 0.1) is 11.8 Å². The number of ether oxygens (including phenoxy) is 1. The summed E-state index contributed by atoms with van der Waals surface area (Å²) in [5, 5.41) is 9.72. The van der Waals surface area contributed by atoms with Crippen LogP contribution in [0.3, 0.4) is 0 Å². The van der Waals surface area contributed by atoms with Crippen LogP contribution < -0.4 is 4.74 Å². The zero-order chi connectivity index (χ0) is 16.3. The number of carbonyl (C=O) groups is 2. The number of benzene rings is 1. The Morgan fingerprint density at radius 1 is 1.41 bits per heavy atom. The second-order valence-corrected chi connectivity index (χ2v) is 6.10. The minimum absolute atomic E-state index is 0.154. The van der Waals surface area contributed by atoms with Gasteiger partial charge in [0, 0.05) is 18.1 Å². The number of hydrogen-bond acceptors (Lipinski definition) is 3. The highest BCUT2D eigenvalue weighted by Gasteiger charge is 2.33. The summed E-state index contributed by atoms with van der Waals surface area (Å²) >= 11 is 5.95. The molecule has 1 saturated heterocycles. The summed E-state index contributed by atoms with van der Waals surface area (Å²) in [5.74, 6) is -0.995. The molecule has 1 fully saturated rings. The maximum atomic E-state index is 12.7. The van der Waals surface area contributed by atoms with Gasteiger partial charge in [0.25, 0.3) is 5.91 Å². The highest BCUT2D eigenvalue weighted by atomic mass is 35.5. The van der Waals surface area contributed by atoms with E-state index in [1.54, 1.807) is 23.1 Å². The van der Waals surface area contributed by atoms with E-state index in [9.17, 15) is 14.7 Å². The summed E-state index contributed by atoms with van der Waals surface area (Å²) in [5.41, 5.74) is 0.421. The molecule has 6 heteroatoms. The Kier molecular flexibility index (Phi) is 5.29. The second kappa shape index (κ2) is 7.01. The Bertz CT molecular complexity index is 575. The molecular formula is C16H20ClNO4. The minimum atomic E-state index is -0.856. The molecule has 0 bridgehead atoms. The minimum Gasteiger partial charge on any atom is -0.493 e. The number of carboxylic acid groups (broad SMARTS) is 1. The molecule has 1 amide bonds. The number of hydrogen-bond donors (Lipinski definition) is 1. The van der Waals surface area contributed by atoms with Gasteiger partial charge < -0.3 is 14.7 Å². The number of amides is 1. The highest BCUT2D eigenvalue weighted by Crippen LogP contribution is 2.28. The Hall–Kier alpha value is -1.75. The molecule has 22 heavy (non-hydrogen) atoms. The van der Waals surface area contributed by atoms with Gasteiger partial charge in [0.2, 0.25) is 0 Å². The van der Waals surface area contributed by atoms with Gasteiger partial charge in [-0.05, 0) is 37.5 Å². The zero-order valence-electron chi connectivity index (χ0n) is 12.7. The lowest BCUT2D eigenvalue weighted by atomic mass is 9.90. The van der Waals surface area contributed by atoms with Crippen molar-refractivity contribution < 1.29 is 19.4 Å². The lowest BCUT2D eigenvalue weighted by Crippen LogP contribution is -2.45. The number of nitrogens with zero attached hydrogens (tertiary/aromatic N) is 1. The maximum absolute atomic E-state index is 12.7.